The average Bonchev–Trinajstić information content (AvgIpc) is 2.61. The Morgan fingerprint density at radius 3 is 2.81 bits per heavy atom. The largest absolute Gasteiger partial charge is 0.339 e. The van der Waals surface area contributed by atoms with Crippen LogP contribution in [0.1, 0.15) is 25.6 Å². The van der Waals surface area contributed by atoms with Crippen LogP contribution in [0.4, 0.5) is 0 Å². The van der Waals surface area contributed by atoms with Crippen molar-refractivity contribution in [3.63, 3.8) is 0 Å². The summed E-state index contributed by atoms with van der Waals surface area (Å²) in [5.41, 5.74) is 0. The number of nitrogens with zero attached hydrogens (tertiary/aromatic N) is 3. The van der Waals surface area contributed by atoms with Crippen LogP contribution in [0.25, 0.3) is 0 Å². The van der Waals surface area contributed by atoms with E-state index < -0.39 is 0 Å². The topological polar surface area (TPSA) is 54.2 Å². The molecule has 5 nitrogen and oxygen atoms in total. The van der Waals surface area contributed by atoms with Crippen LogP contribution in [-0.4, -0.2) is 42.2 Å². The second-order valence-corrected chi connectivity index (χ2v) is 4.54. The van der Waals surface area contributed by atoms with Gasteiger partial charge in [-0.05, 0) is 20.0 Å². The summed E-state index contributed by atoms with van der Waals surface area (Å²) in [6.45, 7) is 6.97. The van der Waals surface area contributed by atoms with E-state index in [4.69, 9.17) is 4.52 Å². The SMILES string of the molecule is CNCCN(C)Cc1noc(CC(C)C)n1. The standard InChI is InChI=1S/C11H22N4O/c1-9(2)7-11-13-10(14-16-11)8-15(4)6-5-12-3/h9,12H,5-8H2,1-4H3. The van der Waals surface area contributed by atoms with E-state index in [0.29, 0.717) is 5.92 Å². The molecule has 1 heterocycles. The molecular formula is C11H22N4O. The minimum absolute atomic E-state index is 0.551. The van der Waals surface area contributed by atoms with Crippen molar-refractivity contribution in [3.05, 3.63) is 11.7 Å². The van der Waals surface area contributed by atoms with Crippen LogP contribution in [0, 0.1) is 5.92 Å². The van der Waals surface area contributed by atoms with Crippen molar-refractivity contribution < 1.29 is 4.52 Å². The van der Waals surface area contributed by atoms with Crippen molar-refractivity contribution in [1.29, 1.82) is 0 Å². The Bertz CT molecular complexity index is 298. The molecule has 0 amide bonds. The smallest absolute Gasteiger partial charge is 0.226 e. The summed E-state index contributed by atoms with van der Waals surface area (Å²) in [6.07, 6.45) is 0.854. The van der Waals surface area contributed by atoms with Crippen molar-refractivity contribution >= 4 is 0 Å². The third-order valence-electron chi connectivity index (χ3n) is 2.25. The molecule has 0 aliphatic heterocycles. The van der Waals surface area contributed by atoms with Gasteiger partial charge >= 0.3 is 0 Å². The van der Waals surface area contributed by atoms with Gasteiger partial charge in [-0.2, -0.15) is 4.98 Å². The van der Waals surface area contributed by atoms with Crippen LogP contribution in [0.5, 0.6) is 0 Å². The van der Waals surface area contributed by atoms with E-state index in [1.165, 1.54) is 0 Å². The molecule has 92 valence electrons. The molecule has 0 spiro atoms. The Kier molecular flexibility index (Phi) is 5.42. The van der Waals surface area contributed by atoms with E-state index in [0.717, 1.165) is 37.8 Å². The van der Waals surface area contributed by atoms with Crippen LogP contribution >= 0.6 is 0 Å². The van der Waals surface area contributed by atoms with Gasteiger partial charge in [0.05, 0.1) is 6.54 Å². The summed E-state index contributed by atoms with van der Waals surface area (Å²) in [7, 11) is 4.00. The molecule has 0 aliphatic carbocycles. The molecule has 0 aromatic carbocycles. The van der Waals surface area contributed by atoms with Gasteiger partial charge in [-0.3, -0.25) is 4.90 Å². The molecule has 16 heavy (non-hydrogen) atoms. The van der Waals surface area contributed by atoms with Gasteiger partial charge in [-0.15, -0.1) is 0 Å². The summed E-state index contributed by atoms with van der Waals surface area (Å²) >= 11 is 0. The van der Waals surface area contributed by atoms with Crippen LogP contribution in [-0.2, 0) is 13.0 Å². The first-order chi connectivity index (χ1) is 7.61. The molecule has 0 fully saturated rings. The number of likely N-dealkylation sites (N-methyl/N-ethyl adjacent to an activating group) is 2. The lowest BCUT2D eigenvalue weighted by molar-refractivity contribution is 0.306. The highest BCUT2D eigenvalue weighted by atomic mass is 16.5. The van der Waals surface area contributed by atoms with Gasteiger partial charge in [0.1, 0.15) is 0 Å². The Hall–Kier alpha value is -0.940. The third kappa shape index (κ3) is 4.72. The van der Waals surface area contributed by atoms with Crippen molar-refractivity contribution in [2.75, 3.05) is 27.2 Å². The Labute approximate surface area is 97.2 Å². The molecule has 0 radical (unpaired) electrons. The van der Waals surface area contributed by atoms with E-state index in [-0.39, 0.29) is 0 Å². The molecule has 1 N–H and O–H groups in total. The monoisotopic (exact) mass is 226 g/mol. The molecule has 0 aliphatic rings. The van der Waals surface area contributed by atoms with Crippen LogP contribution in [0.3, 0.4) is 0 Å². The first-order valence-electron chi connectivity index (χ1n) is 5.76. The van der Waals surface area contributed by atoms with Crippen molar-refractivity contribution in [2.45, 2.75) is 26.8 Å². The maximum absolute atomic E-state index is 5.18. The zero-order valence-electron chi connectivity index (χ0n) is 10.7. The van der Waals surface area contributed by atoms with E-state index in [1.807, 2.05) is 7.05 Å². The fraction of sp³-hybridized carbons (Fsp3) is 0.818. The first-order valence-corrected chi connectivity index (χ1v) is 5.76. The quantitative estimate of drug-likeness (QED) is 0.749. The molecule has 1 rings (SSSR count). The van der Waals surface area contributed by atoms with Gasteiger partial charge in [0.2, 0.25) is 5.89 Å². The van der Waals surface area contributed by atoms with Crippen LogP contribution < -0.4 is 5.32 Å². The molecule has 1 aromatic heterocycles. The molecule has 1 aromatic rings. The van der Waals surface area contributed by atoms with Crippen molar-refractivity contribution in [3.8, 4) is 0 Å². The molecule has 0 unspecified atom stereocenters. The Balaban J connectivity index is 2.39. The van der Waals surface area contributed by atoms with Crippen molar-refractivity contribution in [1.82, 2.24) is 20.4 Å². The molecular weight excluding hydrogens is 204 g/mol. The van der Waals surface area contributed by atoms with Crippen LogP contribution in [0.2, 0.25) is 0 Å². The van der Waals surface area contributed by atoms with E-state index in [2.05, 4.69) is 41.3 Å². The second kappa shape index (κ2) is 6.60. The van der Waals surface area contributed by atoms with Gasteiger partial charge in [0.25, 0.3) is 0 Å². The second-order valence-electron chi connectivity index (χ2n) is 4.54. The van der Waals surface area contributed by atoms with E-state index >= 15 is 0 Å². The van der Waals surface area contributed by atoms with Crippen LogP contribution in [0.15, 0.2) is 4.52 Å². The lowest BCUT2D eigenvalue weighted by atomic mass is 10.1. The van der Waals surface area contributed by atoms with E-state index in [1.54, 1.807) is 0 Å². The number of rotatable bonds is 7. The van der Waals surface area contributed by atoms with Gasteiger partial charge < -0.3 is 9.84 Å². The minimum Gasteiger partial charge on any atom is -0.339 e. The highest BCUT2D eigenvalue weighted by molar-refractivity contribution is 4.87. The highest BCUT2D eigenvalue weighted by Crippen LogP contribution is 2.06. The Morgan fingerprint density at radius 2 is 2.19 bits per heavy atom. The molecule has 5 heteroatoms. The fourth-order valence-electron chi connectivity index (χ4n) is 1.41. The number of hydrogen-bond donors (Lipinski definition) is 1. The number of hydrogen-bond acceptors (Lipinski definition) is 5. The fourth-order valence-corrected chi connectivity index (χ4v) is 1.41. The maximum atomic E-state index is 5.18. The molecule has 0 saturated heterocycles. The van der Waals surface area contributed by atoms with E-state index in [9.17, 15) is 0 Å². The number of aromatic nitrogens is 2. The summed E-state index contributed by atoms with van der Waals surface area (Å²) in [5, 5.41) is 7.08. The molecule has 0 bridgehead atoms. The summed E-state index contributed by atoms with van der Waals surface area (Å²) in [4.78, 5) is 6.53. The first kappa shape index (κ1) is 13.1. The zero-order valence-corrected chi connectivity index (χ0v) is 10.7. The normalized spacial score (nSPS) is 11.6. The molecule has 0 saturated carbocycles. The number of nitrogens with one attached hydrogen (secondary N) is 1. The third-order valence-corrected chi connectivity index (χ3v) is 2.25. The van der Waals surface area contributed by atoms with Gasteiger partial charge in [0.15, 0.2) is 5.82 Å². The van der Waals surface area contributed by atoms with Crippen molar-refractivity contribution in [2.24, 2.45) is 5.92 Å². The predicted molar refractivity (Wildman–Crippen MR) is 63.1 cm³/mol. The predicted octanol–water partition coefficient (Wildman–Crippen LogP) is 0.919. The molecule has 0 atom stereocenters. The summed E-state index contributed by atoms with van der Waals surface area (Å²) in [5.74, 6) is 2.07. The maximum Gasteiger partial charge on any atom is 0.226 e. The zero-order chi connectivity index (χ0) is 12.0. The Morgan fingerprint density at radius 1 is 1.44 bits per heavy atom. The average molecular weight is 226 g/mol. The summed E-state index contributed by atoms with van der Waals surface area (Å²) in [6, 6.07) is 0. The lowest BCUT2D eigenvalue weighted by Gasteiger charge is -2.13. The van der Waals surface area contributed by atoms with Gasteiger partial charge in [-0.25, -0.2) is 0 Å². The van der Waals surface area contributed by atoms with Gasteiger partial charge in [-0.1, -0.05) is 19.0 Å². The van der Waals surface area contributed by atoms with Gasteiger partial charge in [0, 0.05) is 19.5 Å². The lowest BCUT2D eigenvalue weighted by Crippen LogP contribution is -2.27. The summed E-state index contributed by atoms with van der Waals surface area (Å²) < 4.78 is 5.18. The minimum atomic E-state index is 0.551. The highest BCUT2D eigenvalue weighted by Gasteiger charge is 2.09.